The molecule has 2 amide bonds. The van der Waals surface area contributed by atoms with Gasteiger partial charge in [0.05, 0.1) is 5.92 Å². The van der Waals surface area contributed by atoms with Crippen LogP contribution in [0.25, 0.3) is 11.1 Å². The number of amides is 2. The van der Waals surface area contributed by atoms with Gasteiger partial charge in [0.1, 0.15) is 6.61 Å². The van der Waals surface area contributed by atoms with Gasteiger partial charge in [0.2, 0.25) is 5.91 Å². The van der Waals surface area contributed by atoms with Crippen LogP contribution in [0.3, 0.4) is 0 Å². The van der Waals surface area contributed by atoms with Gasteiger partial charge in [0.25, 0.3) is 0 Å². The number of carbonyl (C=O) groups is 3. The van der Waals surface area contributed by atoms with E-state index in [1.807, 2.05) is 31.2 Å². The van der Waals surface area contributed by atoms with Crippen LogP contribution in [0.15, 0.2) is 48.5 Å². The van der Waals surface area contributed by atoms with E-state index in [0.717, 1.165) is 30.4 Å². The third kappa shape index (κ3) is 4.64. The molecule has 0 heterocycles. The number of carbonyl (C=O) groups excluding carboxylic acids is 2. The molecule has 5 rings (SSSR count). The van der Waals surface area contributed by atoms with Crippen molar-refractivity contribution >= 4 is 18.0 Å². The maximum atomic E-state index is 12.5. The number of nitrogens with one attached hydrogen (secondary N) is 2. The molecular formula is C28H32N2O5. The van der Waals surface area contributed by atoms with Crippen molar-refractivity contribution < 1.29 is 24.2 Å². The molecule has 5 atom stereocenters. The number of fused-ring (bicyclic) bond motifs is 5. The summed E-state index contributed by atoms with van der Waals surface area (Å²) in [5.74, 6) is -1.01. The fourth-order valence-electron chi connectivity index (χ4n) is 6.37. The van der Waals surface area contributed by atoms with Crippen molar-refractivity contribution in [3.8, 4) is 11.1 Å². The normalized spacial score (nSPS) is 24.9. The number of hydrogen-bond donors (Lipinski definition) is 3. The predicted molar refractivity (Wildman–Crippen MR) is 131 cm³/mol. The van der Waals surface area contributed by atoms with Gasteiger partial charge in [0, 0.05) is 24.4 Å². The summed E-state index contributed by atoms with van der Waals surface area (Å²) < 4.78 is 5.58. The van der Waals surface area contributed by atoms with Crippen LogP contribution in [-0.4, -0.2) is 41.8 Å². The Bertz CT molecular complexity index is 1090. The van der Waals surface area contributed by atoms with E-state index in [2.05, 4.69) is 34.9 Å². The lowest BCUT2D eigenvalue weighted by Crippen LogP contribution is -2.47. The number of carboxylic acids is 1. The van der Waals surface area contributed by atoms with Crippen molar-refractivity contribution in [2.24, 2.45) is 17.8 Å². The Labute approximate surface area is 205 Å². The van der Waals surface area contributed by atoms with E-state index in [4.69, 9.17) is 4.74 Å². The van der Waals surface area contributed by atoms with E-state index in [9.17, 15) is 19.5 Å². The van der Waals surface area contributed by atoms with Gasteiger partial charge in [0.15, 0.2) is 0 Å². The zero-order valence-electron chi connectivity index (χ0n) is 19.9. The zero-order chi connectivity index (χ0) is 24.5. The van der Waals surface area contributed by atoms with Gasteiger partial charge >= 0.3 is 12.1 Å². The summed E-state index contributed by atoms with van der Waals surface area (Å²) in [5.41, 5.74) is 4.67. The monoisotopic (exact) mass is 476 g/mol. The van der Waals surface area contributed by atoms with Crippen LogP contribution in [0, 0.1) is 17.8 Å². The van der Waals surface area contributed by atoms with Crippen molar-refractivity contribution in [1.29, 1.82) is 0 Å². The molecule has 0 saturated heterocycles. The second kappa shape index (κ2) is 9.72. The Morgan fingerprint density at radius 3 is 2.29 bits per heavy atom. The van der Waals surface area contributed by atoms with Crippen LogP contribution < -0.4 is 10.6 Å². The molecular weight excluding hydrogens is 444 g/mol. The Morgan fingerprint density at radius 2 is 1.63 bits per heavy atom. The highest BCUT2D eigenvalue weighted by Crippen LogP contribution is 2.48. The van der Waals surface area contributed by atoms with Crippen molar-refractivity contribution in [2.45, 2.75) is 57.0 Å². The van der Waals surface area contributed by atoms with Crippen molar-refractivity contribution in [3.63, 3.8) is 0 Å². The second-order valence-corrected chi connectivity index (χ2v) is 10.2. The first-order valence-electron chi connectivity index (χ1n) is 12.6. The smallest absolute Gasteiger partial charge is 0.407 e. The van der Waals surface area contributed by atoms with Gasteiger partial charge in [-0.05, 0) is 66.7 Å². The van der Waals surface area contributed by atoms with Crippen LogP contribution in [0.1, 0.15) is 56.1 Å². The first kappa shape index (κ1) is 23.4. The molecule has 7 nitrogen and oxygen atoms in total. The molecule has 184 valence electrons. The first-order valence-corrected chi connectivity index (χ1v) is 12.6. The lowest BCUT2D eigenvalue weighted by Gasteiger charge is -2.29. The van der Waals surface area contributed by atoms with E-state index in [1.165, 1.54) is 11.1 Å². The number of alkyl carbamates (subject to hydrolysis) is 1. The molecule has 2 aromatic rings. The number of aliphatic carboxylic acids is 1. The van der Waals surface area contributed by atoms with Crippen molar-refractivity contribution in [3.05, 3.63) is 59.7 Å². The summed E-state index contributed by atoms with van der Waals surface area (Å²) in [6.07, 6.45) is 2.99. The molecule has 35 heavy (non-hydrogen) atoms. The number of hydrogen-bond acceptors (Lipinski definition) is 4. The fourth-order valence-corrected chi connectivity index (χ4v) is 6.37. The maximum absolute atomic E-state index is 12.5. The minimum Gasteiger partial charge on any atom is -0.481 e. The van der Waals surface area contributed by atoms with Gasteiger partial charge in [-0.2, -0.15) is 0 Å². The Hall–Kier alpha value is -3.35. The summed E-state index contributed by atoms with van der Waals surface area (Å²) in [6, 6.07) is 15.9. The number of carboxylic acid groups (broad SMARTS) is 1. The Balaban J connectivity index is 1.09. The Kier molecular flexibility index (Phi) is 6.50. The molecule has 5 unspecified atom stereocenters. The van der Waals surface area contributed by atoms with E-state index in [-0.39, 0.29) is 48.8 Å². The predicted octanol–water partition coefficient (Wildman–Crippen LogP) is 4.31. The lowest BCUT2D eigenvalue weighted by atomic mass is 9.84. The Morgan fingerprint density at radius 1 is 1.00 bits per heavy atom. The van der Waals surface area contributed by atoms with E-state index < -0.39 is 18.0 Å². The lowest BCUT2D eigenvalue weighted by molar-refractivity contribution is -0.144. The molecule has 7 heteroatoms. The average Bonchev–Trinajstić information content (AvgIpc) is 3.53. The third-order valence-electron chi connectivity index (χ3n) is 8.04. The molecule has 2 saturated carbocycles. The summed E-state index contributed by atoms with van der Waals surface area (Å²) in [7, 11) is 0. The zero-order valence-corrected chi connectivity index (χ0v) is 19.9. The second-order valence-electron chi connectivity index (χ2n) is 10.2. The summed E-state index contributed by atoms with van der Waals surface area (Å²) in [6.45, 7) is 2.08. The molecule has 3 aliphatic carbocycles. The summed E-state index contributed by atoms with van der Waals surface area (Å²) >= 11 is 0. The van der Waals surface area contributed by atoms with Crippen LogP contribution in [-0.2, 0) is 14.3 Å². The molecule has 2 fully saturated rings. The summed E-state index contributed by atoms with van der Waals surface area (Å²) in [5, 5.41) is 15.3. The van der Waals surface area contributed by atoms with Crippen LogP contribution in [0.5, 0.6) is 0 Å². The number of rotatable bonds is 8. The van der Waals surface area contributed by atoms with Gasteiger partial charge in [-0.15, -0.1) is 0 Å². The third-order valence-corrected chi connectivity index (χ3v) is 8.04. The number of benzene rings is 2. The molecule has 3 aliphatic rings. The average molecular weight is 477 g/mol. The minimum absolute atomic E-state index is 0.00171. The van der Waals surface area contributed by atoms with Crippen molar-refractivity contribution in [1.82, 2.24) is 10.6 Å². The van der Waals surface area contributed by atoms with Crippen LogP contribution in [0.4, 0.5) is 4.79 Å². The highest BCUT2D eigenvalue weighted by Gasteiger charge is 2.51. The van der Waals surface area contributed by atoms with E-state index in [0.29, 0.717) is 6.42 Å². The molecule has 0 spiro atoms. The van der Waals surface area contributed by atoms with Crippen LogP contribution >= 0.6 is 0 Å². The fraction of sp³-hybridized carbons (Fsp3) is 0.464. The van der Waals surface area contributed by atoms with Gasteiger partial charge < -0.3 is 20.5 Å². The first-order chi connectivity index (χ1) is 16.9. The van der Waals surface area contributed by atoms with E-state index >= 15 is 0 Å². The minimum atomic E-state index is -0.812. The van der Waals surface area contributed by atoms with Crippen LogP contribution in [0.2, 0.25) is 0 Å². The highest BCUT2D eigenvalue weighted by atomic mass is 16.5. The summed E-state index contributed by atoms with van der Waals surface area (Å²) in [4.78, 5) is 36.6. The quantitative estimate of drug-likeness (QED) is 0.527. The highest BCUT2D eigenvalue weighted by molar-refractivity contribution is 5.80. The van der Waals surface area contributed by atoms with Crippen molar-refractivity contribution in [2.75, 3.05) is 6.61 Å². The maximum Gasteiger partial charge on any atom is 0.407 e. The van der Waals surface area contributed by atoms with Gasteiger partial charge in [-0.3, -0.25) is 9.59 Å². The molecule has 0 aliphatic heterocycles. The van der Waals surface area contributed by atoms with Gasteiger partial charge in [-0.1, -0.05) is 48.5 Å². The standard InChI is InChI=1S/C28H32N2O5/c1-16(10-13-24(31)30-26-18-12-11-17(14-18)25(26)27(32)33)29-28(34)35-15-23-21-8-4-2-6-19(21)20-7-3-5-9-22(20)23/h2-9,16-18,23,25-26H,10-15H2,1H3,(H,29,34)(H,30,31)(H,32,33). The number of ether oxygens (including phenoxy) is 1. The molecule has 0 radical (unpaired) electrons. The molecule has 0 aromatic heterocycles. The SMILES string of the molecule is CC(CCC(=O)NC1C2CCC(C2)C1C(=O)O)NC(=O)OCC1c2ccccc2-c2ccccc21. The van der Waals surface area contributed by atoms with E-state index in [1.54, 1.807) is 0 Å². The molecule has 2 aromatic carbocycles. The topological polar surface area (TPSA) is 105 Å². The molecule has 3 N–H and O–H groups in total. The molecule has 2 bridgehead atoms. The largest absolute Gasteiger partial charge is 0.481 e. The van der Waals surface area contributed by atoms with Gasteiger partial charge in [-0.25, -0.2) is 4.79 Å².